The van der Waals surface area contributed by atoms with Crippen LogP contribution in [0.15, 0.2) is 0 Å². The number of hydrogen-bond acceptors (Lipinski definition) is 1. The molecule has 0 aromatic carbocycles. The Bertz CT molecular complexity index is 118. The first kappa shape index (κ1) is 5.73. The van der Waals surface area contributed by atoms with Crippen LogP contribution in [0.1, 0.15) is 26.2 Å². The van der Waals surface area contributed by atoms with Crippen molar-refractivity contribution in [2.24, 2.45) is 0 Å². The van der Waals surface area contributed by atoms with E-state index in [4.69, 9.17) is 0 Å². The number of rotatable bonds is 0. The normalized spacial score (nSPS) is 38.5. The number of hydrogen-bond donors (Lipinski definition) is 0. The van der Waals surface area contributed by atoms with Crippen LogP contribution in [-0.4, -0.2) is 11.5 Å². The minimum Gasteiger partial charge on any atom is -0.300 e. The van der Waals surface area contributed by atoms with Gasteiger partial charge in [-0.2, -0.15) is 0 Å². The summed E-state index contributed by atoms with van der Waals surface area (Å²) in [5, 5.41) is 0. The third-order valence-corrected chi connectivity index (χ3v) is 1.49. The van der Waals surface area contributed by atoms with E-state index < -0.39 is 5.67 Å². The van der Waals surface area contributed by atoms with Gasteiger partial charge in [-0.05, 0) is 13.3 Å². The number of carbonyl (C=O) groups excluding carboxylic acids is 1. The lowest BCUT2D eigenvalue weighted by Gasteiger charge is -2.07. The molecule has 1 rings (SSSR count). The summed E-state index contributed by atoms with van der Waals surface area (Å²) in [6, 6.07) is 0. The molecular weight excluding hydrogens is 107 g/mol. The highest BCUT2D eigenvalue weighted by Gasteiger charge is 2.33. The lowest BCUT2D eigenvalue weighted by Crippen LogP contribution is -2.11. The zero-order chi connectivity index (χ0) is 6.20. The highest BCUT2D eigenvalue weighted by Crippen LogP contribution is 2.29. The summed E-state index contributed by atoms with van der Waals surface area (Å²) in [5.74, 6) is 0.0648. The number of alkyl halides is 1. The minimum absolute atomic E-state index is 0.0648. The molecule has 8 heavy (non-hydrogen) atoms. The Kier molecular flexibility index (Phi) is 1.10. The van der Waals surface area contributed by atoms with Gasteiger partial charge in [0.05, 0.1) is 0 Å². The molecule has 0 radical (unpaired) electrons. The number of Topliss-reactive ketones (excluding diaryl/α,β-unsaturated/α-hetero) is 1. The van der Waals surface area contributed by atoms with Gasteiger partial charge in [0, 0.05) is 12.8 Å². The standard InChI is InChI=1S/C6H9FO/c1-6(7)3-2-5(8)4-6/h2-4H2,1H3. The SMILES string of the molecule is CC1(F)CCC(=O)C1. The van der Waals surface area contributed by atoms with Gasteiger partial charge in [0.2, 0.25) is 0 Å². The summed E-state index contributed by atoms with van der Waals surface area (Å²) in [4.78, 5) is 10.4. The zero-order valence-electron chi connectivity index (χ0n) is 4.91. The number of ketones is 1. The molecule has 0 spiro atoms. The van der Waals surface area contributed by atoms with E-state index in [1.54, 1.807) is 0 Å². The smallest absolute Gasteiger partial charge is 0.136 e. The van der Waals surface area contributed by atoms with Crippen LogP contribution in [-0.2, 0) is 4.79 Å². The second-order valence-corrected chi connectivity index (χ2v) is 2.63. The van der Waals surface area contributed by atoms with Gasteiger partial charge < -0.3 is 0 Å². The highest BCUT2D eigenvalue weighted by molar-refractivity contribution is 5.81. The van der Waals surface area contributed by atoms with E-state index in [0.29, 0.717) is 12.8 Å². The molecule has 0 bridgehead atoms. The summed E-state index contributed by atoms with van der Waals surface area (Å²) >= 11 is 0. The molecule has 0 saturated heterocycles. The Labute approximate surface area is 47.9 Å². The fourth-order valence-corrected chi connectivity index (χ4v) is 0.988. The van der Waals surface area contributed by atoms with Crippen LogP contribution >= 0.6 is 0 Å². The summed E-state index contributed by atoms with van der Waals surface area (Å²) in [7, 11) is 0. The van der Waals surface area contributed by atoms with Crippen LogP contribution in [0.3, 0.4) is 0 Å². The van der Waals surface area contributed by atoms with Crippen molar-refractivity contribution in [2.75, 3.05) is 0 Å². The fraction of sp³-hybridized carbons (Fsp3) is 0.833. The molecule has 0 heterocycles. The Morgan fingerprint density at radius 2 is 2.38 bits per heavy atom. The van der Waals surface area contributed by atoms with E-state index in [-0.39, 0.29) is 12.2 Å². The van der Waals surface area contributed by atoms with Gasteiger partial charge in [0.15, 0.2) is 0 Å². The first-order chi connectivity index (χ1) is 3.60. The lowest BCUT2D eigenvalue weighted by atomic mass is 10.1. The van der Waals surface area contributed by atoms with E-state index in [9.17, 15) is 9.18 Å². The summed E-state index contributed by atoms with van der Waals surface area (Å²) in [5.41, 5.74) is -1.18. The van der Waals surface area contributed by atoms with Crippen molar-refractivity contribution >= 4 is 5.78 Å². The van der Waals surface area contributed by atoms with Gasteiger partial charge in [0.25, 0.3) is 0 Å². The van der Waals surface area contributed by atoms with Gasteiger partial charge in [0.1, 0.15) is 11.5 Å². The first-order valence-electron chi connectivity index (χ1n) is 2.81. The van der Waals surface area contributed by atoms with E-state index in [2.05, 4.69) is 0 Å². The van der Waals surface area contributed by atoms with Crippen molar-refractivity contribution in [3.05, 3.63) is 0 Å². The second kappa shape index (κ2) is 1.54. The molecule has 1 atom stereocenters. The molecule has 2 heteroatoms. The largest absolute Gasteiger partial charge is 0.300 e. The van der Waals surface area contributed by atoms with E-state index >= 15 is 0 Å². The van der Waals surface area contributed by atoms with Crippen molar-refractivity contribution < 1.29 is 9.18 Å². The van der Waals surface area contributed by atoms with Gasteiger partial charge >= 0.3 is 0 Å². The molecule has 0 amide bonds. The van der Waals surface area contributed by atoms with E-state index in [1.807, 2.05) is 0 Å². The first-order valence-corrected chi connectivity index (χ1v) is 2.81. The summed E-state index contributed by atoms with van der Waals surface area (Å²) in [6.07, 6.45) is 0.992. The third kappa shape index (κ3) is 1.05. The summed E-state index contributed by atoms with van der Waals surface area (Å²) < 4.78 is 12.6. The van der Waals surface area contributed by atoms with Crippen LogP contribution in [0.25, 0.3) is 0 Å². The van der Waals surface area contributed by atoms with E-state index in [1.165, 1.54) is 6.92 Å². The average Bonchev–Trinajstić information content (AvgIpc) is 1.82. The lowest BCUT2D eigenvalue weighted by molar-refractivity contribution is -0.118. The Balaban J connectivity index is 2.56. The van der Waals surface area contributed by atoms with Gasteiger partial charge in [-0.1, -0.05) is 0 Å². The molecule has 46 valence electrons. The fourth-order valence-electron chi connectivity index (χ4n) is 0.988. The Morgan fingerprint density at radius 3 is 2.50 bits per heavy atom. The maximum atomic E-state index is 12.6. The van der Waals surface area contributed by atoms with Gasteiger partial charge in [-0.25, -0.2) is 4.39 Å². The van der Waals surface area contributed by atoms with Gasteiger partial charge in [-0.3, -0.25) is 4.79 Å². The monoisotopic (exact) mass is 116 g/mol. The predicted molar refractivity (Wildman–Crippen MR) is 28.4 cm³/mol. The number of carbonyl (C=O) groups is 1. The predicted octanol–water partition coefficient (Wildman–Crippen LogP) is 1.47. The molecule has 0 aromatic rings. The second-order valence-electron chi connectivity index (χ2n) is 2.63. The van der Waals surface area contributed by atoms with Crippen LogP contribution in [0.5, 0.6) is 0 Å². The topological polar surface area (TPSA) is 17.1 Å². The van der Waals surface area contributed by atoms with Crippen molar-refractivity contribution in [3.63, 3.8) is 0 Å². The van der Waals surface area contributed by atoms with Crippen molar-refractivity contribution in [1.82, 2.24) is 0 Å². The van der Waals surface area contributed by atoms with Crippen LogP contribution in [0, 0.1) is 0 Å². The Hall–Kier alpha value is -0.400. The molecule has 1 aliphatic carbocycles. The number of halogens is 1. The van der Waals surface area contributed by atoms with Gasteiger partial charge in [-0.15, -0.1) is 0 Å². The third-order valence-electron chi connectivity index (χ3n) is 1.49. The molecular formula is C6H9FO. The maximum Gasteiger partial charge on any atom is 0.136 e. The molecule has 1 saturated carbocycles. The molecule has 0 aromatic heterocycles. The van der Waals surface area contributed by atoms with Crippen LogP contribution < -0.4 is 0 Å². The maximum absolute atomic E-state index is 12.6. The molecule has 0 aliphatic heterocycles. The minimum atomic E-state index is -1.18. The molecule has 0 N–H and O–H groups in total. The summed E-state index contributed by atoms with van der Waals surface area (Å²) in [6.45, 7) is 1.48. The molecule has 1 fully saturated rings. The van der Waals surface area contributed by atoms with Crippen molar-refractivity contribution in [3.8, 4) is 0 Å². The highest BCUT2D eigenvalue weighted by atomic mass is 19.1. The van der Waals surface area contributed by atoms with Crippen molar-refractivity contribution in [2.45, 2.75) is 31.9 Å². The van der Waals surface area contributed by atoms with Crippen LogP contribution in [0.4, 0.5) is 4.39 Å². The average molecular weight is 116 g/mol. The van der Waals surface area contributed by atoms with E-state index in [0.717, 1.165) is 0 Å². The Morgan fingerprint density at radius 1 is 1.75 bits per heavy atom. The van der Waals surface area contributed by atoms with Crippen molar-refractivity contribution in [1.29, 1.82) is 0 Å². The van der Waals surface area contributed by atoms with Crippen LogP contribution in [0.2, 0.25) is 0 Å². The molecule has 1 aliphatic rings. The molecule has 1 nitrogen and oxygen atoms in total. The quantitative estimate of drug-likeness (QED) is 0.468. The molecule has 1 unspecified atom stereocenters. The zero-order valence-corrected chi connectivity index (χ0v) is 4.91.